The first-order valence-electron chi connectivity index (χ1n) is 11.2. The van der Waals surface area contributed by atoms with Gasteiger partial charge in [0.1, 0.15) is 12.4 Å². The van der Waals surface area contributed by atoms with Crippen LogP contribution in [-0.4, -0.2) is 55.6 Å². The minimum Gasteiger partial charge on any atom is -0.491 e. The van der Waals surface area contributed by atoms with E-state index in [1.54, 1.807) is 0 Å². The maximum atomic E-state index is 12.2. The fourth-order valence-corrected chi connectivity index (χ4v) is 3.72. The zero-order chi connectivity index (χ0) is 22.1. The zero-order valence-electron chi connectivity index (χ0n) is 19.2. The van der Waals surface area contributed by atoms with Gasteiger partial charge in [-0.3, -0.25) is 4.79 Å². The van der Waals surface area contributed by atoms with Crippen molar-refractivity contribution in [2.75, 3.05) is 32.8 Å². The summed E-state index contributed by atoms with van der Waals surface area (Å²) in [5.74, 6) is 1.89. The number of carbonyl (C=O) groups is 1. The molecular formula is C25H35IN4O2. The van der Waals surface area contributed by atoms with E-state index in [9.17, 15) is 4.79 Å². The molecule has 1 amide bonds. The number of benzene rings is 2. The molecule has 0 saturated carbocycles. The standard InChI is InChI=1S/C25H34N4O2.HI/c1-4-26-25(28-21-14-16-29(18-21)24(30)19(2)3)27-15-17-31-23-13-9-8-12-22(23)20-10-6-5-7-11-20;/h5-13,19,21H,4,14-18H2,1-3H3,(H2,26,27,28);1H. The first-order chi connectivity index (χ1) is 15.1. The van der Waals surface area contributed by atoms with Crippen LogP contribution in [0.2, 0.25) is 0 Å². The normalized spacial score (nSPS) is 15.9. The van der Waals surface area contributed by atoms with Gasteiger partial charge in [-0.05, 0) is 25.0 Å². The van der Waals surface area contributed by atoms with Crippen molar-refractivity contribution in [2.45, 2.75) is 33.2 Å². The van der Waals surface area contributed by atoms with Crippen molar-refractivity contribution >= 4 is 35.8 Å². The van der Waals surface area contributed by atoms with Crippen molar-refractivity contribution in [3.8, 4) is 16.9 Å². The molecule has 0 aromatic heterocycles. The van der Waals surface area contributed by atoms with Crippen LogP contribution >= 0.6 is 24.0 Å². The van der Waals surface area contributed by atoms with Crippen molar-refractivity contribution in [2.24, 2.45) is 10.9 Å². The van der Waals surface area contributed by atoms with E-state index < -0.39 is 0 Å². The summed E-state index contributed by atoms with van der Waals surface area (Å²) in [5.41, 5.74) is 2.22. The van der Waals surface area contributed by atoms with E-state index in [2.05, 4.69) is 33.8 Å². The van der Waals surface area contributed by atoms with Gasteiger partial charge < -0.3 is 20.3 Å². The van der Waals surface area contributed by atoms with Crippen LogP contribution in [0.4, 0.5) is 0 Å². The van der Waals surface area contributed by atoms with Gasteiger partial charge in [0.2, 0.25) is 5.91 Å². The van der Waals surface area contributed by atoms with Crippen LogP contribution in [0.5, 0.6) is 5.75 Å². The lowest BCUT2D eigenvalue weighted by Crippen LogP contribution is -2.45. The summed E-state index contributed by atoms with van der Waals surface area (Å²) in [4.78, 5) is 18.8. The maximum absolute atomic E-state index is 12.2. The molecule has 32 heavy (non-hydrogen) atoms. The number of carbonyl (C=O) groups excluding carboxylic acids is 1. The number of likely N-dealkylation sites (tertiary alicyclic amines) is 1. The number of nitrogens with one attached hydrogen (secondary N) is 2. The topological polar surface area (TPSA) is 66.0 Å². The molecule has 2 aromatic rings. The molecule has 0 radical (unpaired) electrons. The van der Waals surface area contributed by atoms with Gasteiger partial charge in [0.05, 0.1) is 6.54 Å². The molecule has 0 aliphatic carbocycles. The first kappa shape index (κ1) is 26.0. The molecular weight excluding hydrogens is 515 g/mol. The van der Waals surface area contributed by atoms with Crippen molar-refractivity contribution in [1.82, 2.24) is 15.5 Å². The Kier molecular flexibility index (Phi) is 10.8. The number of aliphatic imine (C=N–C) groups is 1. The second-order valence-corrected chi connectivity index (χ2v) is 8.04. The van der Waals surface area contributed by atoms with Gasteiger partial charge >= 0.3 is 0 Å². The van der Waals surface area contributed by atoms with Gasteiger partial charge in [-0.1, -0.05) is 62.4 Å². The fourth-order valence-electron chi connectivity index (χ4n) is 3.72. The Labute approximate surface area is 208 Å². The second-order valence-electron chi connectivity index (χ2n) is 8.04. The lowest BCUT2D eigenvalue weighted by molar-refractivity contribution is -0.133. The van der Waals surface area contributed by atoms with Crippen molar-refractivity contribution < 1.29 is 9.53 Å². The number of hydrogen-bond acceptors (Lipinski definition) is 3. The number of amides is 1. The van der Waals surface area contributed by atoms with E-state index >= 15 is 0 Å². The number of nitrogens with zero attached hydrogens (tertiary/aromatic N) is 2. The summed E-state index contributed by atoms with van der Waals surface area (Å²) in [7, 11) is 0. The van der Waals surface area contributed by atoms with Crippen LogP contribution in [0.1, 0.15) is 27.2 Å². The molecule has 1 saturated heterocycles. The minimum absolute atomic E-state index is 0. The Morgan fingerprint density at radius 1 is 1.16 bits per heavy atom. The Hall–Kier alpha value is -2.29. The number of hydrogen-bond donors (Lipinski definition) is 2. The van der Waals surface area contributed by atoms with Crippen molar-refractivity contribution in [3.05, 3.63) is 54.6 Å². The molecule has 3 rings (SSSR count). The number of rotatable bonds is 8. The molecule has 1 heterocycles. The molecule has 0 bridgehead atoms. The van der Waals surface area contributed by atoms with Gasteiger partial charge in [-0.25, -0.2) is 4.99 Å². The summed E-state index contributed by atoms with van der Waals surface area (Å²) in [6.07, 6.45) is 0.934. The molecule has 0 spiro atoms. The van der Waals surface area contributed by atoms with Crippen molar-refractivity contribution in [3.63, 3.8) is 0 Å². The third kappa shape index (κ3) is 7.39. The van der Waals surface area contributed by atoms with E-state index in [0.717, 1.165) is 48.9 Å². The highest BCUT2D eigenvalue weighted by Crippen LogP contribution is 2.29. The van der Waals surface area contributed by atoms with Gasteiger partial charge in [0, 0.05) is 37.2 Å². The van der Waals surface area contributed by atoms with Crippen LogP contribution in [-0.2, 0) is 4.79 Å². The number of ether oxygens (including phenoxy) is 1. The lowest BCUT2D eigenvalue weighted by atomic mass is 10.1. The maximum Gasteiger partial charge on any atom is 0.225 e. The van der Waals surface area contributed by atoms with Crippen LogP contribution < -0.4 is 15.4 Å². The van der Waals surface area contributed by atoms with Gasteiger partial charge in [-0.2, -0.15) is 0 Å². The molecule has 7 heteroatoms. The van der Waals surface area contributed by atoms with Crippen LogP contribution in [0, 0.1) is 5.92 Å². The average molecular weight is 550 g/mol. The number of para-hydroxylation sites is 1. The van der Waals surface area contributed by atoms with E-state index in [-0.39, 0.29) is 41.8 Å². The predicted molar refractivity (Wildman–Crippen MR) is 142 cm³/mol. The summed E-state index contributed by atoms with van der Waals surface area (Å²) in [6, 6.07) is 18.5. The minimum atomic E-state index is 0. The number of guanidine groups is 1. The zero-order valence-corrected chi connectivity index (χ0v) is 21.5. The third-order valence-corrected chi connectivity index (χ3v) is 5.27. The van der Waals surface area contributed by atoms with Crippen LogP contribution in [0.15, 0.2) is 59.6 Å². The molecule has 1 atom stereocenters. The highest BCUT2D eigenvalue weighted by Gasteiger charge is 2.27. The van der Waals surface area contributed by atoms with Crippen LogP contribution in [0.25, 0.3) is 11.1 Å². The lowest BCUT2D eigenvalue weighted by Gasteiger charge is -2.20. The average Bonchev–Trinajstić information content (AvgIpc) is 3.25. The second kappa shape index (κ2) is 13.3. The highest BCUT2D eigenvalue weighted by atomic mass is 127. The highest BCUT2D eigenvalue weighted by molar-refractivity contribution is 14.0. The molecule has 6 nitrogen and oxygen atoms in total. The first-order valence-corrected chi connectivity index (χ1v) is 11.2. The molecule has 2 aromatic carbocycles. The summed E-state index contributed by atoms with van der Waals surface area (Å²) in [5, 5.41) is 6.76. The molecule has 174 valence electrons. The largest absolute Gasteiger partial charge is 0.491 e. The monoisotopic (exact) mass is 550 g/mol. The SMILES string of the molecule is CCNC(=NCCOc1ccccc1-c1ccccc1)NC1CCN(C(=O)C(C)C)C1.I. The van der Waals surface area contributed by atoms with Crippen molar-refractivity contribution in [1.29, 1.82) is 0 Å². The predicted octanol–water partition coefficient (Wildman–Crippen LogP) is 4.16. The Morgan fingerprint density at radius 2 is 1.88 bits per heavy atom. The van der Waals surface area contributed by atoms with Crippen LogP contribution in [0.3, 0.4) is 0 Å². The summed E-state index contributed by atoms with van der Waals surface area (Å²) in [6.45, 7) is 9.28. The molecule has 2 N–H and O–H groups in total. The molecule has 1 aliphatic rings. The number of halogens is 1. The van der Waals surface area contributed by atoms with E-state index in [4.69, 9.17) is 4.74 Å². The Bertz CT molecular complexity index is 873. The Balaban J connectivity index is 0.00000363. The molecule has 1 aliphatic heterocycles. The van der Waals surface area contributed by atoms with E-state index in [1.165, 1.54) is 0 Å². The third-order valence-electron chi connectivity index (χ3n) is 5.27. The Morgan fingerprint density at radius 3 is 2.59 bits per heavy atom. The van der Waals surface area contributed by atoms with Gasteiger partial charge in [-0.15, -0.1) is 24.0 Å². The van der Waals surface area contributed by atoms with E-state index in [1.807, 2.05) is 62.1 Å². The molecule has 1 fully saturated rings. The van der Waals surface area contributed by atoms with E-state index in [0.29, 0.717) is 13.2 Å². The fraction of sp³-hybridized carbons (Fsp3) is 0.440. The summed E-state index contributed by atoms with van der Waals surface area (Å²) >= 11 is 0. The van der Waals surface area contributed by atoms with Gasteiger partial charge in [0.15, 0.2) is 5.96 Å². The molecule has 1 unspecified atom stereocenters. The summed E-state index contributed by atoms with van der Waals surface area (Å²) < 4.78 is 6.05. The smallest absolute Gasteiger partial charge is 0.225 e. The van der Waals surface area contributed by atoms with Gasteiger partial charge in [0.25, 0.3) is 0 Å². The quantitative estimate of drug-likeness (QED) is 0.224.